The van der Waals surface area contributed by atoms with Crippen molar-refractivity contribution in [1.29, 1.82) is 0 Å². The average Bonchev–Trinajstić information content (AvgIpc) is 2.14. The highest BCUT2D eigenvalue weighted by Gasteiger charge is 2.15. The van der Waals surface area contributed by atoms with Gasteiger partial charge in [0.2, 0.25) is 8.32 Å². The second-order valence-corrected chi connectivity index (χ2v) is 9.56. The fourth-order valence-electron chi connectivity index (χ4n) is 0.797. The molecule has 1 aromatic rings. The van der Waals surface area contributed by atoms with E-state index in [1.165, 1.54) is 24.2 Å². The molecule has 0 unspecified atom stereocenters. The zero-order valence-corrected chi connectivity index (χ0v) is 10.7. The fraction of sp³-hybridized carbons (Fsp3) is 0.333. The number of hydrogen-bond donors (Lipinski definition) is 0. The van der Waals surface area contributed by atoms with E-state index in [1.807, 2.05) is 0 Å². The van der Waals surface area contributed by atoms with Crippen LogP contribution < -0.4 is 0 Å². The molecule has 0 saturated heterocycles. The predicted octanol–water partition coefficient (Wildman–Crippen LogP) is 3.45. The Labute approximate surface area is 94.1 Å². The first kappa shape index (κ1) is 12.2. The topological polar surface area (TPSA) is 52.4 Å². The summed E-state index contributed by atoms with van der Waals surface area (Å²) in [6, 6.07) is 6.36. The second kappa shape index (κ2) is 4.78. The van der Waals surface area contributed by atoms with Crippen LogP contribution in [0.5, 0.6) is 0 Å². The lowest BCUT2D eigenvalue weighted by atomic mass is 10.3. The maximum atomic E-state index is 10.4. The van der Waals surface area contributed by atoms with Crippen molar-refractivity contribution in [2.75, 3.05) is 0 Å². The van der Waals surface area contributed by atoms with Gasteiger partial charge in [0, 0.05) is 29.1 Å². The van der Waals surface area contributed by atoms with Crippen molar-refractivity contribution < 1.29 is 8.80 Å². The second-order valence-electron chi connectivity index (χ2n) is 4.03. The van der Waals surface area contributed by atoms with Gasteiger partial charge in [-0.15, -0.1) is 0 Å². The molecule has 0 aromatic heterocycles. The molecule has 15 heavy (non-hydrogen) atoms. The Morgan fingerprint density at radius 2 is 1.80 bits per heavy atom. The van der Waals surface area contributed by atoms with E-state index in [0.29, 0.717) is 0 Å². The Morgan fingerprint density at radius 1 is 1.27 bits per heavy atom. The van der Waals surface area contributed by atoms with E-state index < -0.39 is 13.2 Å². The quantitative estimate of drug-likeness (QED) is 0.352. The molecule has 0 N–H and O–H groups in total. The minimum absolute atomic E-state index is 0.104. The van der Waals surface area contributed by atoms with Crippen molar-refractivity contribution in [1.82, 2.24) is 0 Å². The zero-order valence-electron chi connectivity index (χ0n) is 8.89. The standard InChI is InChI=1S/C9H13NO3SSi/c1-15(2,3)13-14-9-6-4-8(5-7-9)10(11)12/h4-7H,1-3H3. The highest BCUT2D eigenvalue weighted by Crippen LogP contribution is 2.25. The molecule has 0 aliphatic heterocycles. The first-order chi connectivity index (χ1) is 6.88. The molecular weight excluding hydrogens is 230 g/mol. The number of benzene rings is 1. The minimum atomic E-state index is -1.55. The van der Waals surface area contributed by atoms with Gasteiger partial charge in [-0.05, 0) is 31.8 Å². The molecule has 0 fully saturated rings. The van der Waals surface area contributed by atoms with E-state index in [1.54, 1.807) is 12.1 Å². The molecule has 0 atom stereocenters. The molecule has 0 heterocycles. The number of nitro groups is 1. The van der Waals surface area contributed by atoms with Crippen LogP contribution in [0.25, 0.3) is 0 Å². The van der Waals surface area contributed by atoms with Crippen molar-refractivity contribution in [2.45, 2.75) is 24.5 Å². The van der Waals surface area contributed by atoms with E-state index in [-0.39, 0.29) is 5.69 Å². The van der Waals surface area contributed by atoms with Crippen LogP contribution in [-0.2, 0) is 3.87 Å². The van der Waals surface area contributed by atoms with Gasteiger partial charge in [0.1, 0.15) is 0 Å². The predicted molar refractivity (Wildman–Crippen MR) is 63.4 cm³/mol. The zero-order chi connectivity index (χ0) is 11.5. The van der Waals surface area contributed by atoms with E-state index in [4.69, 9.17) is 3.87 Å². The summed E-state index contributed by atoms with van der Waals surface area (Å²) in [7, 11) is -1.55. The van der Waals surface area contributed by atoms with Crippen LogP contribution in [0.1, 0.15) is 0 Å². The monoisotopic (exact) mass is 243 g/mol. The lowest BCUT2D eigenvalue weighted by molar-refractivity contribution is -0.384. The van der Waals surface area contributed by atoms with Gasteiger partial charge in [-0.25, -0.2) is 0 Å². The summed E-state index contributed by atoms with van der Waals surface area (Å²) >= 11 is 1.29. The number of nitro benzene ring substituents is 1. The Bertz CT molecular complexity index is 347. The summed E-state index contributed by atoms with van der Waals surface area (Å²) in [5.74, 6) is 0. The SMILES string of the molecule is C[Si](C)(C)OSc1ccc([N+](=O)[O-])cc1. The molecule has 6 heteroatoms. The Balaban J connectivity index is 2.61. The molecule has 0 radical (unpaired) electrons. The Hall–Kier alpha value is -0.853. The van der Waals surface area contributed by atoms with Gasteiger partial charge in [-0.1, -0.05) is 0 Å². The van der Waals surface area contributed by atoms with Gasteiger partial charge in [0.25, 0.3) is 5.69 Å². The van der Waals surface area contributed by atoms with Gasteiger partial charge >= 0.3 is 0 Å². The molecule has 0 aliphatic rings. The molecule has 1 rings (SSSR count). The number of rotatable bonds is 4. The molecule has 0 bridgehead atoms. The van der Waals surface area contributed by atoms with Gasteiger partial charge in [-0.3, -0.25) is 10.1 Å². The lowest BCUT2D eigenvalue weighted by Crippen LogP contribution is -2.21. The lowest BCUT2D eigenvalue weighted by Gasteiger charge is -2.14. The molecule has 0 saturated carbocycles. The van der Waals surface area contributed by atoms with Crippen molar-refractivity contribution in [3.05, 3.63) is 34.4 Å². The largest absolute Gasteiger partial charge is 0.354 e. The third-order valence-corrected chi connectivity index (χ3v) is 4.23. The van der Waals surface area contributed by atoms with Crippen molar-refractivity contribution in [3.63, 3.8) is 0 Å². The summed E-state index contributed by atoms with van der Waals surface area (Å²) in [4.78, 5) is 10.9. The van der Waals surface area contributed by atoms with E-state index in [0.717, 1.165) is 4.90 Å². The van der Waals surface area contributed by atoms with Gasteiger partial charge in [-0.2, -0.15) is 0 Å². The number of hydrogen-bond acceptors (Lipinski definition) is 4. The van der Waals surface area contributed by atoms with Crippen LogP contribution in [-0.4, -0.2) is 13.2 Å². The third kappa shape index (κ3) is 4.46. The average molecular weight is 243 g/mol. The van der Waals surface area contributed by atoms with E-state index in [9.17, 15) is 10.1 Å². The summed E-state index contributed by atoms with van der Waals surface area (Å²) in [5, 5.41) is 10.4. The van der Waals surface area contributed by atoms with Crippen molar-refractivity contribution in [3.8, 4) is 0 Å². The number of nitrogens with zero attached hydrogens (tertiary/aromatic N) is 1. The summed E-state index contributed by atoms with van der Waals surface area (Å²) < 4.78 is 5.60. The minimum Gasteiger partial charge on any atom is -0.354 e. The van der Waals surface area contributed by atoms with Crippen LogP contribution in [0.2, 0.25) is 19.6 Å². The van der Waals surface area contributed by atoms with Gasteiger partial charge < -0.3 is 3.87 Å². The van der Waals surface area contributed by atoms with E-state index in [2.05, 4.69) is 19.6 Å². The smallest absolute Gasteiger partial charge is 0.269 e. The Kier molecular flexibility index (Phi) is 3.89. The maximum Gasteiger partial charge on any atom is 0.269 e. The molecule has 82 valence electrons. The molecule has 0 aliphatic carbocycles. The first-order valence-corrected chi connectivity index (χ1v) is 8.63. The van der Waals surface area contributed by atoms with Crippen LogP contribution in [0.4, 0.5) is 5.69 Å². The summed E-state index contributed by atoms with van der Waals surface area (Å²) in [5.41, 5.74) is 0.104. The van der Waals surface area contributed by atoms with Gasteiger partial charge in [0.05, 0.1) is 4.92 Å². The Morgan fingerprint density at radius 3 is 2.20 bits per heavy atom. The molecule has 1 aromatic carbocycles. The van der Waals surface area contributed by atoms with Crippen molar-refractivity contribution in [2.24, 2.45) is 0 Å². The maximum absolute atomic E-state index is 10.4. The summed E-state index contributed by atoms with van der Waals surface area (Å²) in [6.07, 6.45) is 0. The van der Waals surface area contributed by atoms with Crippen molar-refractivity contribution >= 4 is 26.0 Å². The molecule has 0 spiro atoms. The van der Waals surface area contributed by atoms with E-state index >= 15 is 0 Å². The molecule has 0 amide bonds. The van der Waals surface area contributed by atoms with Crippen LogP contribution in [0.3, 0.4) is 0 Å². The van der Waals surface area contributed by atoms with Gasteiger partial charge in [0.15, 0.2) is 0 Å². The highest BCUT2D eigenvalue weighted by atomic mass is 32.2. The third-order valence-electron chi connectivity index (χ3n) is 1.44. The first-order valence-electron chi connectivity index (χ1n) is 4.49. The molecule has 4 nitrogen and oxygen atoms in total. The normalized spacial score (nSPS) is 11.4. The fourth-order valence-corrected chi connectivity index (χ4v) is 2.43. The van der Waals surface area contributed by atoms with Crippen LogP contribution >= 0.6 is 12.0 Å². The highest BCUT2D eigenvalue weighted by molar-refractivity contribution is 7.95. The molecular formula is C9H13NO3SSi. The van der Waals surface area contributed by atoms with Crippen LogP contribution in [0, 0.1) is 10.1 Å². The van der Waals surface area contributed by atoms with Crippen LogP contribution in [0.15, 0.2) is 29.2 Å². The number of non-ortho nitro benzene ring substituents is 1. The summed E-state index contributed by atoms with van der Waals surface area (Å²) in [6.45, 7) is 6.27.